The number of hydrogen-bond acceptors (Lipinski definition) is 4. The number of anilines is 1. The summed E-state index contributed by atoms with van der Waals surface area (Å²) in [4.78, 5) is 20.8. The van der Waals surface area contributed by atoms with Crippen LogP contribution in [0.25, 0.3) is 5.57 Å². The Morgan fingerprint density at radius 3 is 2.48 bits per heavy atom. The van der Waals surface area contributed by atoms with Gasteiger partial charge in [-0.1, -0.05) is 50.5 Å². The molecular weight excluding hydrogens is 494 g/mol. The summed E-state index contributed by atoms with van der Waals surface area (Å²) in [6.45, 7) is 7.15. The lowest BCUT2D eigenvalue weighted by Gasteiger charge is -2.35. The Morgan fingerprint density at radius 2 is 1.82 bits per heavy atom. The van der Waals surface area contributed by atoms with Crippen molar-refractivity contribution in [3.8, 4) is 5.75 Å². The Labute approximate surface area is 241 Å². The fraction of sp³-hybridized carbons (Fsp3) is 0.543. The first-order valence-electron chi connectivity index (χ1n) is 15.4. The average molecular weight is 544 g/mol. The molecule has 0 aromatic heterocycles. The third-order valence-electron chi connectivity index (χ3n) is 9.13. The fourth-order valence-corrected chi connectivity index (χ4v) is 6.36. The minimum Gasteiger partial charge on any atom is -0.496 e. The number of rotatable bonds is 10. The van der Waals surface area contributed by atoms with E-state index in [1.54, 1.807) is 13.3 Å². The molecule has 0 radical (unpaired) electrons. The van der Waals surface area contributed by atoms with E-state index in [-0.39, 0.29) is 12.0 Å². The number of nitrogens with two attached hydrogens (primary N) is 1. The molecule has 1 unspecified atom stereocenters. The van der Waals surface area contributed by atoms with Gasteiger partial charge in [-0.15, -0.1) is 0 Å². The Morgan fingerprint density at radius 1 is 1.07 bits per heavy atom. The first kappa shape index (κ1) is 29.9. The van der Waals surface area contributed by atoms with Crippen molar-refractivity contribution in [1.82, 2.24) is 0 Å². The smallest absolute Gasteiger partial charge is 0.230 e. The van der Waals surface area contributed by atoms with Crippen LogP contribution in [0.2, 0.25) is 0 Å². The second-order valence-electron chi connectivity index (χ2n) is 11.9. The number of ether oxygens (including phenoxy) is 1. The van der Waals surface area contributed by atoms with Crippen LogP contribution in [-0.4, -0.2) is 31.8 Å². The Bertz CT molecular complexity index is 1170. The molecule has 0 heterocycles. The number of carbonyl (C=O) groups excluding carboxylic acids is 1. The molecule has 2 aromatic rings. The van der Waals surface area contributed by atoms with Crippen molar-refractivity contribution < 1.29 is 9.53 Å². The highest BCUT2D eigenvalue weighted by Crippen LogP contribution is 2.38. The summed E-state index contributed by atoms with van der Waals surface area (Å²) in [6, 6.07) is 15.2. The molecule has 2 N–H and O–H groups in total. The number of amides is 1. The zero-order valence-electron chi connectivity index (χ0n) is 25.1. The van der Waals surface area contributed by atoms with Crippen molar-refractivity contribution in [3.05, 3.63) is 65.4 Å². The van der Waals surface area contributed by atoms with E-state index in [0.717, 1.165) is 86.9 Å². The van der Waals surface area contributed by atoms with Gasteiger partial charge in [-0.05, 0) is 106 Å². The van der Waals surface area contributed by atoms with Crippen molar-refractivity contribution >= 4 is 23.4 Å². The molecule has 40 heavy (non-hydrogen) atoms. The number of hydrogen-bond donors (Lipinski definition) is 1. The SMILES string of the molecule is CCC(C)N=CC(=CN)c1cccc(N(CC2CCC(c3ccc(OC)c(C)c3)CC2)C(=O)C2CCCCC2)c1. The largest absolute Gasteiger partial charge is 0.496 e. The van der Waals surface area contributed by atoms with Crippen LogP contribution in [0.5, 0.6) is 5.75 Å². The van der Waals surface area contributed by atoms with Crippen molar-refractivity contribution in [2.75, 3.05) is 18.6 Å². The van der Waals surface area contributed by atoms with Crippen molar-refractivity contribution in [1.29, 1.82) is 0 Å². The number of allylic oxidation sites excluding steroid dienone is 1. The minimum atomic E-state index is 0.132. The summed E-state index contributed by atoms with van der Waals surface area (Å²) in [5.74, 6) is 2.47. The van der Waals surface area contributed by atoms with Gasteiger partial charge in [0, 0.05) is 42.2 Å². The van der Waals surface area contributed by atoms with Gasteiger partial charge in [0.1, 0.15) is 5.75 Å². The molecule has 1 amide bonds. The molecule has 2 aliphatic carbocycles. The van der Waals surface area contributed by atoms with Crippen LogP contribution in [0.3, 0.4) is 0 Å². The molecule has 0 spiro atoms. The number of benzene rings is 2. The Balaban J connectivity index is 1.52. The van der Waals surface area contributed by atoms with Crippen LogP contribution in [0.4, 0.5) is 5.69 Å². The molecule has 2 fully saturated rings. The van der Waals surface area contributed by atoms with Crippen LogP contribution in [0.15, 0.2) is 53.7 Å². The normalized spacial score (nSPS) is 21.4. The predicted octanol–water partition coefficient (Wildman–Crippen LogP) is 8.06. The molecule has 0 saturated heterocycles. The van der Waals surface area contributed by atoms with Crippen LogP contribution < -0.4 is 15.4 Å². The van der Waals surface area contributed by atoms with Crippen LogP contribution in [0.1, 0.15) is 101 Å². The van der Waals surface area contributed by atoms with Gasteiger partial charge in [-0.2, -0.15) is 0 Å². The lowest BCUT2D eigenvalue weighted by Crippen LogP contribution is -2.41. The Hall–Kier alpha value is -3.08. The van der Waals surface area contributed by atoms with E-state index in [1.165, 1.54) is 17.5 Å². The van der Waals surface area contributed by atoms with E-state index in [1.807, 2.05) is 6.21 Å². The van der Waals surface area contributed by atoms with Crippen LogP contribution in [-0.2, 0) is 4.79 Å². The summed E-state index contributed by atoms with van der Waals surface area (Å²) in [7, 11) is 1.73. The fourth-order valence-electron chi connectivity index (χ4n) is 6.36. The molecule has 1 atom stereocenters. The average Bonchev–Trinajstić information content (AvgIpc) is 3.00. The van der Waals surface area contributed by atoms with Gasteiger partial charge >= 0.3 is 0 Å². The molecule has 4 rings (SSSR count). The molecule has 2 aliphatic rings. The second-order valence-corrected chi connectivity index (χ2v) is 11.9. The number of methoxy groups -OCH3 is 1. The number of nitrogens with zero attached hydrogens (tertiary/aromatic N) is 2. The maximum atomic E-state index is 14.0. The first-order valence-corrected chi connectivity index (χ1v) is 15.4. The van der Waals surface area contributed by atoms with E-state index in [0.29, 0.717) is 17.7 Å². The van der Waals surface area contributed by atoms with Gasteiger partial charge < -0.3 is 15.4 Å². The molecule has 2 aromatic carbocycles. The summed E-state index contributed by atoms with van der Waals surface area (Å²) >= 11 is 0. The molecule has 0 bridgehead atoms. The number of aryl methyl sites for hydroxylation is 1. The van der Waals surface area contributed by atoms with Crippen LogP contribution >= 0.6 is 0 Å². The van der Waals surface area contributed by atoms with Crippen molar-refractivity contribution in [3.63, 3.8) is 0 Å². The van der Waals surface area contributed by atoms with Gasteiger partial charge in [0.15, 0.2) is 0 Å². The Kier molecular flexibility index (Phi) is 10.9. The molecule has 2 saturated carbocycles. The number of carbonyl (C=O) groups is 1. The monoisotopic (exact) mass is 543 g/mol. The summed E-state index contributed by atoms with van der Waals surface area (Å²) in [5.41, 5.74) is 11.5. The summed E-state index contributed by atoms with van der Waals surface area (Å²) in [5, 5.41) is 0. The van der Waals surface area contributed by atoms with E-state index in [4.69, 9.17) is 10.5 Å². The zero-order valence-corrected chi connectivity index (χ0v) is 25.1. The van der Waals surface area contributed by atoms with E-state index >= 15 is 0 Å². The van der Waals surface area contributed by atoms with E-state index in [2.05, 4.69) is 73.1 Å². The third kappa shape index (κ3) is 7.56. The number of aliphatic imine (C=N–C) groups is 1. The molecule has 0 aliphatic heterocycles. The summed E-state index contributed by atoms with van der Waals surface area (Å²) < 4.78 is 5.47. The molecule has 216 valence electrons. The lowest BCUT2D eigenvalue weighted by molar-refractivity contribution is -0.123. The maximum absolute atomic E-state index is 14.0. The van der Waals surface area contributed by atoms with E-state index in [9.17, 15) is 4.79 Å². The van der Waals surface area contributed by atoms with Gasteiger partial charge in [-0.3, -0.25) is 9.79 Å². The second kappa shape index (κ2) is 14.5. The highest BCUT2D eigenvalue weighted by Gasteiger charge is 2.31. The molecule has 5 nitrogen and oxygen atoms in total. The van der Waals surface area contributed by atoms with Gasteiger partial charge in [0.2, 0.25) is 5.91 Å². The van der Waals surface area contributed by atoms with Crippen LogP contribution in [0, 0.1) is 18.8 Å². The van der Waals surface area contributed by atoms with E-state index < -0.39 is 0 Å². The summed E-state index contributed by atoms with van der Waals surface area (Å²) in [6.07, 6.45) is 14.7. The quantitative estimate of drug-likeness (QED) is 0.308. The minimum absolute atomic E-state index is 0.132. The van der Waals surface area contributed by atoms with Gasteiger partial charge in [0.25, 0.3) is 0 Å². The maximum Gasteiger partial charge on any atom is 0.230 e. The standard InChI is InChI=1S/C35H49N3O2/c1-5-26(3)37-23-32(22-36)30-12-9-13-33(21-30)38(35(39)29-10-7-6-8-11-29)24-27-14-16-28(17-15-27)31-18-19-34(40-4)25(2)20-31/h9,12-13,18-23,26-29H,5-8,10-11,14-17,24,36H2,1-4H3. The van der Waals surface area contributed by atoms with Gasteiger partial charge in [-0.25, -0.2) is 0 Å². The predicted molar refractivity (Wildman–Crippen MR) is 168 cm³/mol. The van der Waals surface area contributed by atoms with Crippen molar-refractivity contribution in [2.45, 2.75) is 96.9 Å². The van der Waals surface area contributed by atoms with Gasteiger partial charge in [0.05, 0.1) is 7.11 Å². The topological polar surface area (TPSA) is 67.9 Å². The lowest BCUT2D eigenvalue weighted by atomic mass is 9.78. The highest BCUT2D eigenvalue weighted by atomic mass is 16.5. The zero-order chi connectivity index (χ0) is 28.5. The molecule has 5 heteroatoms. The first-order chi connectivity index (χ1) is 19.4. The third-order valence-corrected chi connectivity index (χ3v) is 9.13. The van der Waals surface area contributed by atoms with Crippen molar-refractivity contribution in [2.24, 2.45) is 22.6 Å². The highest BCUT2D eigenvalue weighted by molar-refractivity contribution is 6.10. The molecular formula is C35H49N3O2.